The number of nitrogens with zero attached hydrogens (tertiary/aromatic N) is 1. The van der Waals surface area contributed by atoms with Gasteiger partial charge in [-0.2, -0.15) is 0 Å². The molecule has 0 aliphatic rings. The second kappa shape index (κ2) is 19.5. The Morgan fingerprint density at radius 3 is 2.29 bits per heavy atom. The summed E-state index contributed by atoms with van der Waals surface area (Å²) >= 11 is 0. The monoisotopic (exact) mass is 576 g/mol. The van der Waals surface area contributed by atoms with Gasteiger partial charge in [-0.1, -0.05) is 44.0 Å². The Balaban J connectivity index is 0.000000895. The zero-order valence-electron chi connectivity index (χ0n) is 25.1. The quantitative estimate of drug-likeness (QED) is 0.207. The lowest BCUT2D eigenvalue weighted by Crippen LogP contribution is -2.52. The van der Waals surface area contributed by atoms with E-state index in [-0.39, 0.29) is 42.0 Å². The molecule has 3 atom stereocenters. The average Bonchev–Trinajstić information content (AvgIpc) is 2.93. The highest BCUT2D eigenvalue weighted by atomic mass is 19.1. The van der Waals surface area contributed by atoms with Gasteiger partial charge in [-0.15, -0.1) is 0 Å². The molecule has 10 heteroatoms. The summed E-state index contributed by atoms with van der Waals surface area (Å²) in [5, 5.41) is 8.59. The maximum atomic E-state index is 13.8. The van der Waals surface area contributed by atoms with Gasteiger partial charge in [0.25, 0.3) is 0 Å². The smallest absolute Gasteiger partial charge is 0.240 e. The molecular weight excluding hydrogens is 530 g/mol. The summed E-state index contributed by atoms with van der Waals surface area (Å²) in [6.07, 6.45) is 2.45. The van der Waals surface area contributed by atoms with Crippen LogP contribution in [0, 0.1) is 24.5 Å². The zero-order chi connectivity index (χ0) is 30.8. The van der Waals surface area contributed by atoms with E-state index in [4.69, 9.17) is 4.74 Å². The Hall–Kier alpha value is -3.53. The van der Waals surface area contributed by atoms with Crippen LogP contribution >= 0.6 is 0 Å². The summed E-state index contributed by atoms with van der Waals surface area (Å²) in [4.78, 5) is 36.7. The van der Waals surface area contributed by atoms with Gasteiger partial charge in [0.2, 0.25) is 18.2 Å². The molecule has 0 aliphatic carbocycles. The predicted molar refractivity (Wildman–Crippen MR) is 158 cm³/mol. The Bertz CT molecular complexity index is 1050. The van der Waals surface area contributed by atoms with Crippen LogP contribution in [0.1, 0.15) is 51.7 Å². The lowest BCUT2D eigenvalue weighted by Gasteiger charge is -2.29. The van der Waals surface area contributed by atoms with Gasteiger partial charge in [0, 0.05) is 32.7 Å². The van der Waals surface area contributed by atoms with E-state index in [9.17, 15) is 23.2 Å². The van der Waals surface area contributed by atoms with Gasteiger partial charge in [-0.25, -0.2) is 8.78 Å². The van der Waals surface area contributed by atoms with Crippen LogP contribution in [0.25, 0.3) is 0 Å². The number of rotatable bonds is 16. The van der Waals surface area contributed by atoms with Crippen LogP contribution in [-0.4, -0.2) is 68.5 Å². The Labute approximate surface area is 243 Å². The molecule has 228 valence electrons. The molecule has 2 aromatic carbocycles. The third-order valence-corrected chi connectivity index (χ3v) is 6.45. The van der Waals surface area contributed by atoms with Crippen molar-refractivity contribution in [2.45, 2.75) is 66.0 Å². The summed E-state index contributed by atoms with van der Waals surface area (Å²) in [7, 11) is 1.62. The average molecular weight is 577 g/mol. The molecule has 0 heterocycles. The summed E-state index contributed by atoms with van der Waals surface area (Å²) in [5.74, 6) is -0.409. The zero-order valence-corrected chi connectivity index (χ0v) is 25.1. The minimum absolute atomic E-state index is 0.00104. The third-order valence-electron chi connectivity index (χ3n) is 6.45. The topological polar surface area (TPSA) is 99.8 Å². The fourth-order valence-electron chi connectivity index (χ4n) is 3.92. The molecule has 2 unspecified atom stereocenters. The standard InChI is InChI=1S/C24H39FN4O4.C7H7F/c1-6-17(3)23(24(32)29(5)15-22(31)27-7-2)28-14-18(4)33-21-13-20(25)11-10-19(21)9-8-12-26-16-30;1-6-2-4-7(8)5-3-6/h10-11,13,16-18,23,28H,6-9,12,14-15H2,1-5H3,(H,26,30)(H,27,31);2-5H,1H3/t17?,18-,23?;/m1./s1. The molecule has 8 nitrogen and oxygen atoms in total. The molecule has 3 amide bonds. The molecule has 0 aromatic heterocycles. The van der Waals surface area contributed by atoms with E-state index in [2.05, 4.69) is 16.0 Å². The Kier molecular flexibility index (Phi) is 16.9. The molecule has 2 aromatic rings. The van der Waals surface area contributed by atoms with Crippen molar-refractivity contribution in [3.8, 4) is 5.75 Å². The first kappa shape index (κ1) is 35.5. The van der Waals surface area contributed by atoms with Gasteiger partial charge in [-0.3, -0.25) is 14.4 Å². The number of carbonyl (C=O) groups excluding carboxylic acids is 3. The summed E-state index contributed by atoms with van der Waals surface area (Å²) in [6, 6.07) is 10.4. The molecule has 0 bridgehead atoms. The number of hydrogen-bond donors (Lipinski definition) is 3. The highest BCUT2D eigenvalue weighted by molar-refractivity contribution is 5.87. The normalized spacial score (nSPS) is 12.7. The number of halogens is 2. The number of ether oxygens (including phenoxy) is 1. The van der Waals surface area contributed by atoms with Crippen molar-refractivity contribution in [1.82, 2.24) is 20.9 Å². The summed E-state index contributed by atoms with van der Waals surface area (Å²) in [5.41, 5.74) is 1.94. The molecular formula is C31H46F2N4O4. The van der Waals surface area contributed by atoms with Crippen LogP contribution < -0.4 is 20.7 Å². The highest BCUT2D eigenvalue weighted by Crippen LogP contribution is 2.23. The largest absolute Gasteiger partial charge is 0.489 e. The molecule has 0 saturated heterocycles. The van der Waals surface area contributed by atoms with Crippen LogP contribution in [-0.2, 0) is 20.8 Å². The molecule has 3 N–H and O–H groups in total. The predicted octanol–water partition coefficient (Wildman–Crippen LogP) is 4.00. The second-order valence-electron chi connectivity index (χ2n) is 10.1. The van der Waals surface area contributed by atoms with Crippen molar-refractivity contribution in [1.29, 1.82) is 0 Å². The molecule has 2 rings (SSSR count). The van der Waals surface area contributed by atoms with Crippen LogP contribution in [0.15, 0.2) is 42.5 Å². The number of benzene rings is 2. The van der Waals surface area contributed by atoms with Gasteiger partial charge < -0.3 is 25.6 Å². The third kappa shape index (κ3) is 14.1. The van der Waals surface area contributed by atoms with Crippen LogP contribution in [0.3, 0.4) is 0 Å². The number of nitrogens with one attached hydrogen (secondary N) is 3. The molecule has 0 fully saturated rings. The van der Waals surface area contributed by atoms with Gasteiger partial charge in [0.1, 0.15) is 23.5 Å². The van der Waals surface area contributed by atoms with E-state index < -0.39 is 6.04 Å². The molecule has 0 aliphatic heterocycles. The highest BCUT2D eigenvalue weighted by Gasteiger charge is 2.28. The van der Waals surface area contributed by atoms with E-state index in [0.717, 1.165) is 17.5 Å². The van der Waals surface area contributed by atoms with E-state index >= 15 is 0 Å². The molecule has 0 radical (unpaired) electrons. The van der Waals surface area contributed by atoms with Gasteiger partial charge in [-0.05, 0) is 63.3 Å². The lowest BCUT2D eigenvalue weighted by molar-refractivity contribution is -0.137. The van der Waals surface area contributed by atoms with E-state index in [1.165, 1.54) is 29.2 Å². The van der Waals surface area contributed by atoms with Gasteiger partial charge in [0.15, 0.2) is 0 Å². The van der Waals surface area contributed by atoms with Crippen molar-refractivity contribution in [3.63, 3.8) is 0 Å². The number of hydrogen-bond acceptors (Lipinski definition) is 5. The molecule has 0 saturated carbocycles. The van der Waals surface area contributed by atoms with E-state index in [1.54, 1.807) is 25.2 Å². The van der Waals surface area contributed by atoms with E-state index in [1.807, 2.05) is 34.6 Å². The number of amides is 3. The number of carbonyl (C=O) groups is 3. The van der Waals surface area contributed by atoms with Crippen LogP contribution in [0.2, 0.25) is 0 Å². The van der Waals surface area contributed by atoms with Crippen molar-refractivity contribution in [2.24, 2.45) is 5.92 Å². The SMILES string of the molecule is CCNC(=O)CN(C)C(=O)C(NC[C@@H](C)Oc1cc(F)ccc1CCCNC=O)C(C)CC.Cc1ccc(F)cc1. The summed E-state index contributed by atoms with van der Waals surface area (Å²) < 4.78 is 31.9. The van der Waals surface area contributed by atoms with Crippen molar-refractivity contribution < 1.29 is 27.9 Å². The van der Waals surface area contributed by atoms with E-state index in [0.29, 0.717) is 44.6 Å². The maximum absolute atomic E-state index is 13.8. The van der Waals surface area contributed by atoms with Gasteiger partial charge in [0.05, 0.1) is 12.6 Å². The molecule has 41 heavy (non-hydrogen) atoms. The van der Waals surface area contributed by atoms with Crippen LogP contribution in [0.5, 0.6) is 5.75 Å². The Morgan fingerprint density at radius 2 is 1.71 bits per heavy atom. The first-order valence-corrected chi connectivity index (χ1v) is 14.1. The van der Waals surface area contributed by atoms with Crippen molar-refractivity contribution in [3.05, 3.63) is 65.2 Å². The first-order valence-electron chi connectivity index (χ1n) is 14.1. The fraction of sp³-hybridized carbons (Fsp3) is 0.516. The minimum atomic E-state index is -0.470. The minimum Gasteiger partial charge on any atom is -0.489 e. The first-order chi connectivity index (χ1) is 19.5. The van der Waals surface area contributed by atoms with Crippen molar-refractivity contribution in [2.75, 3.05) is 33.2 Å². The number of aryl methyl sites for hydroxylation is 2. The fourth-order valence-corrected chi connectivity index (χ4v) is 3.92. The number of likely N-dealkylation sites (N-methyl/N-ethyl adjacent to an activating group) is 2. The maximum Gasteiger partial charge on any atom is 0.240 e. The second-order valence-corrected chi connectivity index (χ2v) is 10.1. The van der Waals surface area contributed by atoms with Gasteiger partial charge >= 0.3 is 0 Å². The van der Waals surface area contributed by atoms with Crippen molar-refractivity contribution >= 4 is 18.2 Å². The summed E-state index contributed by atoms with van der Waals surface area (Å²) in [6.45, 7) is 11.0. The lowest BCUT2D eigenvalue weighted by atomic mass is 9.97. The Morgan fingerprint density at radius 1 is 1.05 bits per heavy atom. The van der Waals surface area contributed by atoms with Crippen LogP contribution in [0.4, 0.5) is 8.78 Å². The molecule has 0 spiro atoms.